The fraction of sp³-hybridized carbons (Fsp3) is 1.00. The third-order valence-corrected chi connectivity index (χ3v) is 6.78. The molecule has 170 valence electrons. The summed E-state index contributed by atoms with van der Waals surface area (Å²) in [5.74, 6) is -12.6. The molecule has 0 aliphatic rings. The molecule has 0 aliphatic carbocycles. The zero-order chi connectivity index (χ0) is 22.8. The van der Waals surface area contributed by atoms with Crippen LogP contribution < -0.4 is 0 Å². The second-order valence-corrected chi connectivity index (χ2v) is 8.69. The van der Waals surface area contributed by atoms with E-state index >= 15 is 0 Å². The number of alkyl halides is 12. The van der Waals surface area contributed by atoms with Crippen LogP contribution in [0.5, 0.6) is 0 Å². The molecule has 28 heavy (non-hydrogen) atoms. The lowest BCUT2D eigenvalue weighted by atomic mass is 9.78. The number of halogens is 12. The summed E-state index contributed by atoms with van der Waals surface area (Å²) in [7, 11) is -1.01. The average molecular weight is 464 g/mol. The van der Waals surface area contributed by atoms with Gasteiger partial charge in [0, 0.05) is 27.4 Å². The van der Waals surface area contributed by atoms with Crippen LogP contribution in [-0.4, -0.2) is 60.3 Å². The third-order valence-electron chi connectivity index (χ3n) is 3.95. The molecule has 0 saturated heterocycles. The van der Waals surface area contributed by atoms with Crippen LogP contribution in [-0.2, 0) is 13.3 Å². The van der Waals surface area contributed by atoms with Crippen LogP contribution in [0.25, 0.3) is 0 Å². The van der Waals surface area contributed by atoms with Crippen molar-refractivity contribution in [1.29, 1.82) is 0 Å². The fourth-order valence-electron chi connectivity index (χ4n) is 2.54. The van der Waals surface area contributed by atoms with Gasteiger partial charge in [-0.1, -0.05) is 0 Å². The molecule has 0 aromatic heterocycles. The molecule has 0 heterocycles. The van der Waals surface area contributed by atoms with Crippen LogP contribution >= 0.6 is 0 Å². The molecule has 0 radical (unpaired) electrons. The first-order valence-electron chi connectivity index (χ1n) is 7.18. The molecule has 0 N–H and O–H groups in total. The Morgan fingerprint density at radius 1 is 0.679 bits per heavy atom. The van der Waals surface area contributed by atoms with E-state index in [1.54, 1.807) is 0 Å². The molecule has 0 aromatic carbocycles. The van der Waals surface area contributed by atoms with E-state index < -0.39 is 63.7 Å². The Morgan fingerprint density at radius 2 is 1.04 bits per heavy atom. The van der Waals surface area contributed by atoms with Crippen molar-refractivity contribution in [2.24, 2.45) is 5.92 Å². The van der Waals surface area contributed by atoms with E-state index in [9.17, 15) is 52.7 Å². The maximum atomic E-state index is 14.6. The molecule has 0 aliphatic heterocycles. The second-order valence-electron chi connectivity index (χ2n) is 5.60. The van der Waals surface area contributed by atoms with E-state index in [1.165, 1.54) is 0 Å². The highest BCUT2D eigenvalue weighted by atomic mass is 28.4. The Labute approximate surface area is 152 Å². The minimum absolute atomic E-state index is 0.821. The molecule has 1 atom stereocenters. The molecule has 0 fully saturated rings. The van der Waals surface area contributed by atoms with Gasteiger partial charge in [0.1, 0.15) is 0 Å². The molecule has 1 unspecified atom stereocenters. The molecular formula is C12H16F12O3Si. The predicted molar refractivity (Wildman–Crippen MR) is 71.3 cm³/mol. The SMILES string of the molecule is CO[Si](CCCC(F)(C(C(F)(F)F)C(F)(F)F)C(F)(F)C(F)(F)F)(OC)OC. The van der Waals surface area contributed by atoms with Gasteiger partial charge in [-0.15, -0.1) is 0 Å². The van der Waals surface area contributed by atoms with E-state index in [-0.39, 0.29) is 0 Å². The van der Waals surface area contributed by atoms with E-state index in [0.29, 0.717) is 0 Å². The van der Waals surface area contributed by atoms with Crippen molar-refractivity contribution in [3.8, 4) is 0 Å². The molecule has 3 nitrogen and oxygen atoms in total. The van der Waals surface area contributed by atoms with Crippen molar-refractivity contribution in [2.75, 3.05) is 21.3 Å². The molecule has 0 saturated carbocycles. The summed E-state index contributed by atoms with van der Waals surface area (Å²) < 4.78 is 170. The number of rotatable bonds is 9. The molecular weight excluding hydrogens is 448 g/mol. The summed E-state index contributed by atoms with van der Waals surface area (Å²) in [6, 6.07) is -0.821. The van der Waals surface area contributed by atoms with E-state index in [4.69, 9.17) is 13.3 Å². The number of hydrogen-bond acceptors (Lipinski definition) is 3. The van der Waals surface area contributed by atoms with Gasteiger partial charge in [-0.25, -0.2) is 4.39 Å². The Bertz CT molecular complexity index is 477. The minimum atomic E-state index is -7.02. The lowest BCUT2D eigenvalue weighted by Gasteiger charge is -2.41. The van der Waals surface area contributed by atoms with Crippen molar-refractivity contribution < 1.29 is 66.0 Å². The maximum absolute atomic E-state index is 14.6. The smallest absolute Gasteiger partial charge is 0.377 e. The van der Waals surface area contributed by atoms with E-state index in [0.717, 1.165) is 21.3 Å². The standard InChI is InChI=1S/C12H16F12O3Si/c1-25-28(26-2,27-3)6-4-5-8(13,11(20,21)12(22,23)24)7(9(14,15)16)10(17,18)19/h7H,4-6H2,1-3H3. The lowest BCUT2D eigenvalue weighted by molar-refractivity contribution is -0.391. The van der Waals surface area contributed by atoms with Gasteiger partial charge in [0.25, 0.3) is 0 Å². The first-order chi connectivity index (χ1) is 12.3. The van der Waals surface area contributed by atoms with Crippen LogP contribution in [0, 0.1) is 5.92 Å². The van der Waals surface area contributed by atoms with Gasteiger partial charge in [0.05, 0.1) is 0 Å². The fourth-order valence-corrected chi connectivity index (χ4v) is 4.26. The zero-order valence-electron chi connectivity index (χ0n) is 14.5. The Morgan fingerprint density at radius 3 is 1.29 bits per heavy atom. The molecule has 0 amide bonds. The normalized spacial score (nSPS) is 17.1. The Kier molecular flexibility index (Phi) is 8.32. The average Bonchev–Trinajstić information content (AvgIpc) is 2.48. The van der Waals surface area contributed by atoms with Crippen LogP contribution in [0.15, 0.2) is 0 Å². The topological polar surface area (TPSA) is 27.7 Å². The lowest BCUT2D eigenvalue weighted by Crippen LogP contribution is -2.64. The van der Waals surface area contributed by atoms with Crippen molar-refractivity contribution >= 4 is 8.80 Å². The summed E-state index contributed by atoms with van der Waals surface area (Å²) in [4.78, 5) is 0. The summed E-state index contributed by atoms with van der Waals surface area (Å²) in [6.45, 7) is 0. The highest BCUT2D eigenvalue weighted by molar-refractivity contribution is 6.60. The summed E-state index contributed by atoms with van der Waals surface area (Å²) in [5.41, 5.74) is -6.07. The predicted octanol–water partition coefficient (Wildman–Crippen LogP) is 5.29. The van der Waals surface area contributed by atoms with Crippen molar-refractivity contribution in [3.63, 3.8) is 0 Å². The van der Waals surface area contributed by atoms with Crippen molar-refractivity contribution in [2.45, 2.75) is 49.0 Å². The van der Waals surface area contributed by atoms with Gasteiger partial charge in [-0.05, 0) is 12.8 Å². The molecule has 16 heteroatoms. The molecule has 0 bridgehead atoms. The Hall–Kier alpha value is -0.743. The van der Waals surface area contributed by atoms with Crippen LogP contribution in [0.2, 0.25) is 6.04 Å². The van der Waals surface area contributed by atoms with Gasteiger partial charge >= 0.3 is 33.3 Å². The van der Waals surface area contributed by atoms with Crippen molar-refractivity contribution in [3.05, 3.63) is 0 Å². The summed E-state index contributed by atoms with van der Waals surface area (Å²) >= 11 is 0. The van der Waals surface area contributed by atoms with Gasteiger partial charge in [0.15, 0.2) is 5.92 Å². The van der Waals surface area contributed by atoms with Crippen LogP contribution in [0.3, 0.4) is 0 Å². The van der Waals surface area contributed by atoms with Crippen molar-refractivity contribution in [1.82, 2.24) is 0 Å². The second kappa shape index (κ2) is 8.55. The van der Waals surface area contributed by atoms with Gasteiger partial charge < -0.3 is 13.3 Å². The van der Waals surface area contributed by atoms with Gasteiger partial charge in [-0.2, -0.15) is 48.3 Å². The van der Waals surface area contributed by atoms with Gasteiger partial charge in [-0.3, -0.25) is 0 Å². The highest BCUT2D eigenvalue weighted by Gasteiger charge is 2.81. The monoisotopic (exact) mass is 464 g/mol. The Balaban J connectivity index is 6.24. The minimum Gasteiger partial charge on any atom is -0.377 e. The summed E-state index contributed by atoms with van der Waals surface area (Å²) in [5, 5.41) is 0. The first-order valence-corrected chi connectivity index (χ1v) is 9.11. The molecule has 0 spiro atoms. The largest absolute Gasteiger partial charge is 0.500 e. The quantitative estimate of drug-likeness (QED) is 0.343. The van der Waals surface area contributed by atoms with Crippen LogP contribution in [0.1, 0.15) is 12.8 Å². The molecule has 0 aromatic rings. The van der Waals surface area contributed by atoms with Gasteiger partial charge in [0.2, 0.25) is 5.67 Å². The maximum Gasteiger partial charge on any atom is 0.500 e. The molecule has 0 rings (SSSR count). The first kappa shape index (κ1) is 27.3. The number of hydrogen-bond donors (Lipinski definition) is 0. The zero-order valence-corrected chi connectivity index (χ0v) is 15.5. The third kappa shape index (κ3) is 5.44. The highest BCUT2D eigenvalue weighted by Crippen LogP contribution is 2.59. The van der Waals surface area contributed by atoms with E-state index in [2.05, 4.69) is 0 Å². The van der Waals surface area contributed by atoms with E-state index in [1.807, 2.05) is 0 Å². The summed E-state index contributed by atoms with van der Waals surface area (Å²) in [6.07, 6.45) is -24.3. The van der Waals surface area contributed by atoms with Crippen LogP contribution in [0.4, 0.5) is 52.7 Å².